The van der Waals surface area contributed by atoms with Gasteiger partial charge in [0.2, 0.25) is 0 Å². The fourth-order valence-electron chi connectivity index (χ4n) is 2.93. The summed E-state index contributed by atoms with van der Waals surface area (Å²) in [4.78, 5) is 27.4. The Hall–Kier alpha value is -3.13. The fraction of sp³-hybridized carbons (Fsp3) is 0.250. The van der Waals surface area contributed by atoms with Crippen molar-refractivity contribution in [1.29, 1.82) is 0 Å². The van der Waals surface area contributed by atoms with Crippen molar-refractivity contribution in [2.75, 3.05) is 13.2 Å². The first-order chi connectivity index (χ1) is 13.5. The van der Waals surface area contributed by atoms with Gasteiger partial charge in [-0.25, -0.2) is 9.78 Å². The Morgan fingerprint density at radius 1 is 1.25 bits per heavy atom. The average Bonchev–Trinajstić information content (AvgIpc) is 3.28. The maximum atomic E-state index is 12.6. The fourth-order valence-corrected chi connectivity index (χ4v) is 3.68. The molecule has 0 aliphatic rings. The molecule has 0 fully saturated rings. The maximum Gasteiger partial charge on any atom is 0.341 e. The topological polar surface area (TPSA) is 93.5 Å². The van der Waals surface area contributed by atoms with Gasteiger partial charge in [-0.3, -0.25) is 9.36 Å². The van der Waals surface area contributed by atoms with Crippen molar-refractivity contribution in [3.63, 3.8) is 0 Å². The normalized spacial score (nSPS) is 10.6. The Morgan fingerprint density at radius 3 is 2.64 bits per heavy atom. The molecule has 0 bridgehead atoms. The van der Waals surface area contributed by atoms with Gasteiger partial charge in [-0.05, 0) is 44.0 Å². The smallest absolute Gasteiger partial charge is 0.341 e. The van der Waals surface area contributed by atoms with E-state index in [9.17, 15) is 9.59 Å². The van der Waals surface area contributed by atoms with E-state index in [-0.39, 0.29) is 12.5 Å². The van der Waals surface area contributed by atoms with Gasteiger partial charge in [-0.1, -0.05) is 12.1 Å². The summed E-state index contributed by atoms with van der Waals surface area (Å²) in [5.41, 5.74) is 3.50. The second kappa shape index (κ2) is 8.71. The summed E-state index contributed by atoms with van der Waals surface area (Å²) < 4.78 is 7.09. The van der Waals surface area contributed by atoms with Crippen molar-refractivity contribution in [3.8, 4) is 10.9 Å². The monoisotopic (exact) mass is 399 g/mol. The van der Waals surface area contributed by atoms with Crippen LogP contribution < -0.4 is 10.1 Å². The molecule has 0 unspecified atom stereocenters. The van der Waals surface area contributed by atoms with Gasteiger partial charge >= 0.3 is 5.97 Å². The van der Waals surface area contributed by atoms with Crippen LogP contribution in [0, 0.1) is 13.8 Å². The summed E-state index contributed by atoms with van der Waals surface area (Å²) in [6, 6.07) is 9.04. The van der Waals surface area contributed by atoms with Crippen LogP contribution in [0.4, 0.5) is 0 Å². The van der Waals surface area contributed by atoms with E-state index >= 15 is 0 Å². The van der Waals surface area contributed by atoms with Crippen LogP contribution in [-0.2, 0) is 11.2 Å². The number of hydrogen-bond donors (Lipinski definition) is 2. The highest BCUT2D eigenvalue weighted by Crippen LogP contribution is 2.22. The molecule has 7 nitrogen and oxygen atoms in total. The number of rotatable bonds is 8. The van der Waals surface area contributed by atoms with Gasteiger partial charge in [0.1, 0.15) is 5.75 Å². The number of amides is 1. The van der Waals surface area contributed by atoms with Crippen molar-refractivity contribution in [2.45, 2.75) is 20.3 Å². The van der Waals surface area contributed by atoms with Crippen LogP contribution in [0.1, 0.15) is 27.3 Å². The highest BCUT2D eigenvalue weighted by molar-refractivity contribution is 7.12. The van der Waals surface area contributed by atoms with E-state index in [1.54, 1.807) is 18.3 Å². The van der Waals surface area contributed by atoms with Gasteiger partial charge in [0, 0.05) is 29.5 Å². The highest BCUT2D eigenvalue weighted by Gasteiger charge is 2.17. The summed E-state index contributed by atoms with van der Waals surface area (Å²) in [5.74, 6) is -0.622. The molecule has 0 radical (unpaired) electrons. The SMILES string of the molecule is Cc1cc(C(=O)NCCc2ccc(OCC(=O)O)cc2)c(C)n1-c1nccs1. The summed E-state index contributed by atoms with van der Waals surface area (Å²) in [7, 11) is 0. The molecule has 8 heteroatoms. The van der Waals surface area contributed by atoms with Crippen LogP contribution in [0.15, 0.2) is 41.9 Å². The van der Waals surface area contributed by atoms with Crippen LogP contribution in [0.2, 0.25) is 0 Å². The number of thiazole rings is 1. The molecule has 2 heterocycles. The zero-order valence-electron chi connectivity index (χ0n) is 15.6. The quantitative estimate of drug-likeness (QED) is 0.607. The number of aromatic nitrogens is 2. The number of nitrogens with zero attached hydrogens (tertiary/aromatic N) is 2. The van der Waals surface area contributed by atoms with Crippen molar-refractivity contribution >= 4 is 23.2 Å². The van der Waals surface area contributed by atoms with Crippen LogP contribution in [0.25, 0.3) is 5.13 Å². The molecule has 2 aromatic heterocycles. The highest BCUT2D eigenvalue weighted by atomic mass is 32.1. The summed E-state index contributed by atoms with van der Waals surface area (Å²) in [6.45, 7) is 4.00. The van der Waals surface area contributed by atoms with Crippen molar-refractivity contribution in [2.24, 2.45) is 0 Å². The molecular formula is C20H21N3O4S. The molecule has 0 saturated heterocycles. The van der Waals surface area contributed by atoms with Crippen molar-refractivity contribution in [3.05, 3.63) is 64.4 Å². The number of carboxylic acids is 1. The van der Waals surface area contributed by atoms with E-state index in [4.69, 9.17) is 9.84 Å². The molecule has 0 saturated carbocycles. The van der Waals surface area contributed by atoms with E-state index < -0.39 is 5.97 Å². The Labute approximate surface area is 166 Å². The second-order valence-corrected chi connectivity index (χ2v) is 7.14. The van der Waals surface area contributed by atoms with Crippen LogP contribution >= 0.6 is 11.3 Å². The third-order valence-electron chi connectivity index (χ3n) is 4.27. The maximum absolute atomic E-state index is 12.6. The third-order valence-corrected chi connectivity index (χ3v) is 5.03. The zero-order chi connectivity index (χ0) is 20.1. The van der Waals surface area contributed by atoms with Gasteiger partial charge in [0.05, 0.1) is 5.56 Å². The Balaban J connectivity index is 1.56. The first-order valence-electron chi connectivity index (χ1n) is 8.76. The largest absolute Gasteiger partial charge is 0.482 e. The lowest BCUT2D eigenvalue weighted by atomic mass is 10.1. The van der Waals surface area contributed by atoms with E-state index in [1.165, 1.54) is 11.3 Å². The number of benzene rings is 1. The zero-order valence-corrected chi connectivity index (χ0v) is 16.5. The molecule has 0 spiro atoms. The number of carbonyl (C=O) groups excluding carboxylic acids is 1. The number of aryl methyl sites for hydroxylation is 1. The minimum absolute atomic E-state index is 0.114. The first-order valence-corrected chi connectivity index (χ1v) is 9.64. The van der Waals surface area contributed by atoms with E-state index in [1.807, 2.05) is 42.0 Å². The van der Waals surface area contributed by atoms with Gasteiger partial charge in [0.15, 0.2) is 11.7 Å². The Morgan fingerprint density at radius 2 is 2.00 bits per heavy atom. The molecule has 3 aromatic rings. The molecule has 0 atom stereocenters. The molecule has 3 rings (SSSR count). The molecule has 146 valence electrons. The number of carboxylic acid groups (broad SMARTS) is 1. The van der Waals surface area contributed by atoms with E-state index in [2.05, 4.69) is 10.3 Å². The third kappa shape index (κ3) is 4.58. The Bertz CT molecular complexity index is 962. The number of nitrogens with one attached hydrogen (secondary N) is 1. The van der Waals surface area contributed by atoms with Gasteiger partial charge in [-0.2, -0.15) is 0 Å². The van der Waals surface area contributed by atoms with Crippen LogP contribution in [0.3, 0.4) is 0 Å². The van der Waals surface area contributed by atoms with Crippen LogP contribution in [0.5, 0.6) is 5.75 Å². The first kappa shape index (κ1) is 19.6. The molecule has 2 N–H and O–H groups in total. The van der Waals surface area contributed by atoms with Gasteiger partial charge in [-0.15, -0.1) is 11.3 Å². The van der Waals surface area contributed by atoms with Crippen molar-refractivity contribution < 1.29 is 19.4 Å². The lowest BCUT2D eigenvalue weighted by molar-refractivity contribution is -0.139. The molecule has 0 aliphatic carbocycles. The predicted octanol–water partition coefficient (Wildman–Crippen LogP) is 2.99. The van der Waals surface area contributed by atoms with E-state index in [0.29, 0.717) is 24.3 Å². The number of ether oxygens (including phenoxy) is 1. The lowest BCUT2D eigenvalue weighted by Gasteiger charge is -2.08. The molecule has 1 aromatic carbocycles. The Kier molecular flexibility index (Phi) is 6.10. The van der Waals surface area contributed by atoms with E-state index in [0.717, 1.165) is 22.1 Å². The minimum atomic E-state index is -1.01. The molecule has 28 heavy (non-hydrogen) atoms. The number of hydrogen-bond acceptors (Lipinski definition) is 5. The summed E-state index contributed by atoms with van der Waals surface area (Å²) >= 11 is 1.53. The van der Waals surface area contributed by atoms with Gasteiger partial charge < -0.3 is 15.2 Å². The molecule has 0 aliphatic heterocycles. The molecular weight excluding hydrogens is 378 g/mol. The number of aliphatic carboxylic acids is 1. The van der Waals surface area contributed by atoms with Crippen LogP contribution in [-0.4, -0.2) is 39.7 Å². The average molecular weight is 399 g/mol. The summed E-state index contributed by atoms with van der Waals surface area (Å²) in [6.07, 6.45) is 2.41. The number of carbonyl (C=O) groups is 2. The predicted molar refractivity (Wildman–Crippen MR) is 107 cm³/mol. The molecule has 1 amide bonds. The second-order valence-electron chi connectivity index (χ2n) is 6.27. The minimum Gasteiger partial charge on any atom is -0.482 e. The summed E-state index contributed by atoms with van der Waals surface area (Å²) in [5, 5.41) is 14.3. The van der Waals surface area contributed by atoms with Gasteiger partial charge in [0.25, 0.3) is 5.91 Å². The standard InChI is InChI=1S/C20H21N3O4S/c1-13-11-17(14(2)23(13)20-22-9-10-28-20)19(26)21-8-7-15-3-5-16(6-4-15)27-12-18(24)25/h3-6,9-11H,7-8,12H2,1-2H3,(H,21,26)(H,24,25). The lowest BCUT2D eigenvalue weighted by Crippen LogP contribution is -2.26. The van der Waals surface area contributed by atoms with Crippen molar-refractivity contribution in [1.82, 2.24) is 14.9 Å².